The van der Waals surface area contributed by atoms with E-state index in [4.69, 9.17) is 0 Å². The number of rotatable bonds is 3. The summed E-state index contributed by atoms with van der Waals surface area (Å²) < 4.78 is 0. The monoisotopic (exact) mass is 243 g/mol. The minimum Gasteiger partial charge on any atom is -0.307 e. The average molecular weight is 243 g/mol. The lowest BCUT2D eigenvalue weighted by Gasteiger charge is -2.08. The van der Waals surface area contributed by atoms with Crippen LogP contribution in [0.25, 0.3) is 0 Å². The van der Waals surface area contributed by atoms with Gasteiger partial charge in [0.2, 0.25) is 0 Å². The van der Waals surface area contributed by atoms with Gasteiger partial charge in [-0.15, -0.1) is 0 Å². The first kappa shape index (κ1) is 12.4. The van der Waals surface area contributed by atoms with Crippen LogP contribution in [-0.4, -0.2) is 16.1 Å². The van der Waals surface area contributed by atoms with Crippen molar-refractivity contribution in [3.8, 4) is 0 Å². The Bertz CT molecular complexity index is 572. The number of H-pyrrole nitrogens is 1. The largest absolute Gasteiger partial charge is 0.307 e. The lowest BCUT2D eigenvalue weighted by atomic mass is 10.1. The Kier molecular flexibility index (Phi) is 3.46. The van der Waals surface area contributed by atoms with Gasteiger partial charge >= 0.3 is 0 Å². The highest BCUT2D eigenvalue weighted by molar-refractivity contribution is 6.05. The number of carbonyl (C=O) groups is 1. The molecule has 2 N–H and O–H groups in total. The minimum absolute atomic E-state index is 0.102. The summed E-state index contributed by atoms with van der Waals surface area (Å²) in [5.41, 5.74) is 3.75. The van der Waals surface area contributed by atoms with Gasteiger partial charge in [-0.25, -0.2) is 0 Å². The first-order valence-electron chi connectivity index (χ1n) is 6.02. The van der Waals surface area contributed by atoms with E-state index in [9.17, 15) is 4.79 Å². The topological polar surface area (TPSA) is 57.8 Å². The van der Waals surface area contributed by atoms with Crippen molar-refractivity contribution in [1.29, 1.82) is 0 Å². The van der Waals surface area contributed by atoms with Crippen molar-refractivity contribution in [3.63, 3.8) is 0 Å². The normalized spacial score (nSPS) is 10.4. The first-order chi connectivity index (χ1) is 8.61. The molecule has 2 aromatic rings. The molecule has 1 amide bonds. The number of hydrogen-bond donors (Lipinski definition) is 2. The van der Waals surface area contributed by atoms with Crippen LogP contribution in [0.1, 0.15) is 34.0 Å². The molecule has 1 aromatic carbocycles. The molecule has 1 heterocycles. The number of benzene rings is 1. The zero-order chi connectivity index (χ0) is 13.1. The van der Waals surface area contributed by atoms with Crippen molar-refractivity contribution in [2.24, 2.45) is 0 Å². The number of aromatic nitrogens is 2. The summed E-state index contributed by atoms with van der Waals surface area (Å²) in [6.45, 7) is 5.93. The van der Waals surface area contributed by atoms with E-state index in [1.807, 2.05) is 39.0 Å². The van der Waals surface area contributed by atoms with Crippen LogP contribution in [0.4, 0.5) is 5.82 Å². The van der Waals surface area contributed by atoms with E-state index >= 15 is 0 Å². The molecule has 0 saturated heterocycles. The molecule has 0 radical (unpaired) electrons. The number of hydrogen-bond acceptors (Lipinski definition) is 2. The van der Waals surface area contributed by atoms with Gasteiger partial charge in [0.1, 0.15) is 5.82 Å². The third-order valence-corrected chi connectivity index (χ3v) is 2.97. The van der Waals surface area contributed by atoms with E-state index in [-0.39, 0.29) is 5.91 Å². The molecule has 18 heavy (non-hydrogen) atoms. The Morgan fingerprint density at radius 2 is 2.17 bits per heavy atom. The third-order valence-electron chi connectivity index (χ3n) is 2.97. The summed E-state index contributed by atoms with van der Waals surface area (Å²) in [4.78, 5) is 12.2. The number of amides is 1. The molecular formula is C14H17N3O. The lowest BCUT2D eigenvalue weighted by Crippen LogP contribution is -2.14. The molecule has 1 aromatic heterocycles. The number of aryl methyl sites for hydroxylation is 3. The molecule has 0 atom stereocenters. The Labute approximate surface area is 106 Å². The summed E-state index contributed by atoms with van der Waals surface area (Å²) >= 11 is 0. The molecule has 0 aliphatic carbocycles. The molecule has 0 unspecified atom stereocenters. The smallest absolute Gasteiger partial charge is 0.257 e. The van der Waals surface area contributed by atoms with Crippen LogP contribution in [-0.2, 0) is 6.42 Å². The second-order valence-corrected chi connectivity index (χ2v) is 4.40. The highest BCUT2D eigenvalue weighted by Crippen LogP contribution is 2.15. The van der Waals surface area contributed by atoms with Gasteiger partial charge in [-0.2, -0.15) is 5.10 Å². The fourth-order valence-corrected chi connectivity index (χ4v) is 1.85. The van der Waals surface area contributed by atoms with Crippen molar-refractivity contribution < 1.29 is 4.79 Å². The zero-order valence-corrected chi connectivity index (χ0v) is 10.9. The van der Waals surface area contributed by atoms with Crippen molar-refractivity contribution in [1.82, 2.24) is 10.2 Å². The fraction of sp³-hybridized carbons (Fsp3) is 0.286. The number of nitrogens with one attached hydrogen (secondary N) is 2. The van der Waals surface area contributed by atoms with Gasteiger partial charge < -0.3 is 5.32 Å². The molecular weight excluding hydrogens is 226 g/mol. The summed E-state index contributed by atoms with van der Waals surface area (Å²) in [7, 11) is 0. The highest BCUT2D eigenvalue weighted by Gasteiger charge is 2.12. The maximum Gasteiger partial charge on any atom is 0.257 e. The van der Waals surface area contributed by atoms with Crippen molar-refractivity contribution in [3.05, 3.63) is 46.6 Å². The van der Waals surface area contributed by atoms with E-state index in [0.29, 0.717) is 11.4 Å². The molecule has 94 valence electrons. The predicted molar refractivity (Wildman–Crippen MR) is 71.8 cm³/mol. The fourth-order valence-electron chi connectivity index (χ4n) is 1.85. The number of aromatic amines is 1. The van der Waals surface area contributed by atoms with Crippen LogP contribution in [0, 0.1) is 13.8 Å². The predicted octanol–water partition coefficient (Wildman–Crippen LogP) is 2.84. The molecule has 0 aliphatic heterocycles. The maximum atomic E-state index is 12.2. The van der Waals surface area contributed by atoms with Crippen molar-refractivity contribution in [2.75, 3.05) is 5.32 Å². The van der Waals surface area contributed by atoms with Crippen molar-refractivity contribution in [2.45, 2.75) is 27.2 Å². The summed E-state index contributed by atoms with van der Waals surface area (Å²) in [5, 5.41) is 9.62. The number of carbonyl (C=O) groups excluding carboxylic acids is 1. The Morgan fingerprint density at radius 1 is 1.39 bits per heavy atom. The summed E-state index contributed by atoms with van der Waals surface area (Å²) in [6, 6.07) is 5.85. The number of nitrogens with zero attached hydrogens (tertiary/aromatic N) is 1. The van der Waals surface area contributed by atoms with Gasteiger partial charge in [0.05, 0.1) is 6.20 Å². The summed E-state index contributed by atoms with van der Waals surface area (Å²) in [5.74, 6) is 0.582. The quantitative estimate of drug-likeness (QED) is 0.870. The molecule has 0 fully saturated rings. The van der Waals surface area contributed by atoms with Gasteiger partial charge in [0.25, 0.3) is 5.91 Å². The molecule has 2 rings (SSSR count). The van der Waals surface area contributed by atoms with Gasteiger partial charge in [0.15, 0.2) is 0 Å². The Hall–Kier alpha value is -2.10. The zero-order valence-electron chi connectivity index (χ0n) is 10.9. The molecule has 0 spiro atoms. The molecule has 0 bridgehead atoms. The van der Waals surface area contributed by atoms with Crippen LogP contribution in [0.3, 0.4) is 0 Å². The van der Waals surface area contributed by atoms with Crippen LogP contribution in [0.15, 0.2) is 24.4 Å². The van der Waals surface area contributed by atoms with Gasteiger partial charge in [0, 0.05) is 11.1 Å². The second-order valence-electron chi connectivity index (χ2n) is 4.40. The van der Waals surface area contributed by atoms with E-state index in [1.54, 1.807) is 6.20 Å². The van der Waals surface area contributed by atoms with E-state index < -0.39 is 0 Å². The van der Waals surface area contributed by atoms with Gasteiger partial charge in [-0.05, 0) is 31.9 Å². The van der Waals surface area contributed by atoms with E-state index in [0.717, 1.165) is 23.1 Å². The Morgan fingerprint density at radius 3 is 2.89 bits per heavy atom. The first-order valence-corrected chi connectivity index (χ1v) is 6.02. The van der Waals surface area contributed by atoms with E-state index in [1.165, 1.54) is 0 Å². The standard InChI is InChI=1S/C14H17N3O/c1-4-11-8-15-17-13(11)16-14(18)12-7-9(2)5-6-10(12)3/h5-8H,4H2,1-3H3,(H2,15,16,17,18). The van der Waals surface area contributed by atoms with Crippen LogP contribution in [0.2, 0.25) is 0 Å². The minimum atomic E-state index is -0.102. The molecule has 0 saturated carbocycles. The van der Waals surface area contributed by atoms with E-state index in [2.05, 4.69) is 15.5 Å². The third kappa shape index (κ3) is 2.42. The molecule has 4 heteroatoms. The summed E-state index contributed by atoms with van der Waals surface area (Å²) in [6.07, 6.45) is 2.57. The van der Waals surface area contributed by atoms with Crippen LogP contribution >= 0.6 is 0 Å². The second kappa shape index (κ2) is 5.04. The molecule has 4 nitrogen and oxygen atoms in total. The van der Waals surface area contributed by atoms with Gasteiger partial charge in [-0.1, -0.05) is 24.6 Å². The van der Waals surface area contributed by atoms with Crippen LogP contribution < -0.4 is 5.32 Å². The molecule has 0 aliphatic rings. The lowest BCUT2D eigenvalue weighted by molar-refractivity contribution is 0.102. The average Bonchev–Trinajstić information content (AvgIpc) is 2.79. The Balaban J connectivity index is 2.25. The highest BCUT2D eigenvalue weighted by atomic mass is 16.1. The SMILES string of the molecule is CCc1cn[nH]c1NC(=O)c1cc(C)ccc1C. The van der Waals surface area contributed by atoms with Crippen molar-refractivity contribution >= 4 is 11.7 Å². The maximum absolute atomic E-state index is 12.2. The van der Waals surface area contributed by atoms with Gasteiger partial charge in [-0.3, -0.25) is 9.89 Å². The number of anilines is 1. The van der Waals surface area contributed by atoms with Crippen LogP contribution in [0.5, 0.6) is 0 Å².